The van der Waals surface area contributed by atoms with Crippen molar-refractivity contribution >= 4 is 43.8 Å². The fourth-order valence-electron chi connectivity index (χ4n) is 5.12. The molecule has 24 heavy (non-hydrogen) atoms. The minimum absolute atomic E-state index is 0.00150. The van der Waals surface area contributed by atoms with E-state index < -0.39 is 20.8 Å². The molecule has 0 spiro atoms. The van der Waals surface area contributed by atoms with Gasteiger partial charge in [-0.2, -0.15) is 0 Å². The fourth-order valence-corrected chi connectivity index (χ4v) is 7.09. The smallest absolute Gasteiger partial charge is 0.362 e. The summed E-state index contributed by atoms with van der Waals surface area (Å²) in [6, 6.07) is 9.65. The zero-order chi connectivity index (χ0) is 17.1. The van der Waals surface area contributed by atoms with Crippen molar-refractivity contribution in [1.82, 2.24) is 0 Å². The molecule has 0 amide bonds. The summed E-state index contributed by atoms with van der Waals surface area (Å²) in [5.74, 6) is -0.300. The van der Waals surface area contributed by atoms with E-state index in [4.69, 9.17) is 9.47 Å². The Morgan fingerprint density at radius 3 is 2.42 bits per heavy atom. The molecule has 1 aromatic carbocycles. The number of cyclic esters (lactones) is 1. The second kappa shape index (κ2) is 5.56. The Balaban J connectivity index is 1.86. The quantitative estimate of drug-likeness (QED) is 0.501. The number of fused-ring (bicyclic) bond motifs is 5. The SMILES string of the molecule is COC(=O)[C@@]1(Br)OC(=O)[C@@](Br)(c2ccccc2)[C@@H]2[C@H]3CC[C@H](C3)[C@@H]21. The van der Waals surface area contributed by atoms with Gasteiger partial charge >= 0.3 is 11.9 Å². The Hall–Kier alpha value is -0.880. The number of carbonyl (C=O) groups excluding carboxylic acids is 2. The third-order valence-corrected chi connectivity index (χ3v) is 8.32. The van der Waals surface area contributed by atoms with Gasteiger partial charge in [-0.3, -0.25) is 4.79 Å². The number of rotatable bonds is 2. The van der Waals surface area contributed by atoms with E-state index in [9.17, 15) is 9.59 Å². The fraction of sp³-hybridized carbons (Fsp3) is 0.556. The molecule has 1 aliphatic heterocycles. The Kier molecular flexibility index (Phi) is 3.84. The maximum Gasteiger partial charge on any atom is 0.362 e. The lowest BCUT2D eigenvalue weighted by Crippen LogP contribution is -2.61. The van der Waals surface area contributed by atoms with Crippen molar-refractivity contribution in [3.8, 4) is 0 Å². The zero-order valence-corrected chi connectivity index (χ0v) is 16.4. The normalized spacial score (nSPS) is 43.2. The van der Waals surface area contributed by atoms with E-state index >= 15 is 0 Å². The molecule has 3 aliphatic rings. The van der Waals surface area contributed by atoms with Crippen molar-refractivity contribution in [3.05, 3.63) is 35.9 Å². The Bertz CT molecular complexity index is 694. The molecule has 0 radical (unpaired) electrons. The minimum atomic E-state index is -1.38. The van der Waals surface area contributed by atoms with Gasteiger partial charge in [0.05, 0.1) is 7.11 Å². The van der Waals surface area contributed by atoms with E-state index in [2.05, 4.69) is 31.9 Å². The number of alkyl halides is 2. The molecule has 4 nitrogen and oxygen atoms in total. The van der Waals surface area contributed by atoms with Gasteiger partial charge in [-0.25, -0.2) is 4.79 Å². The number of esters is 2. The molecule has 2 bridgehead atoms. The van der Waals surface area contributed by atoms with Crippen LogP contribution >= 0.6 is 31.9 Å². The summed E-state index contributed by atoms with van der Waals surface area (Å²) >= 11 is 7.21. The maximum atomic E-state index is 13.1. The Morgan fingerprint density at radius 1 is 1.17 bits per heavy atom. The molecule has 1 heterocycles. The number of halogens is 2. The summed E-state index contributed by atoms with van der Waals surface area (Å²) < 4.78 is 8.38. The first-order valence-electron chi connectivity index (χ1n) is 8.18. The number of ether oxygens (including phenoxy) is 2. The van der Waals surface area contributed by atoms with Crippen LogP contribution < -0.4 is 0 Å². The highest BCUT2D eigenvalue weighted by Crippen LogP contribution is 2.67. The van der Waals surface area contributed by atoms with Crippen LogP contribution in [0.4, 0.5) is 0 Å². The maximum absolute atomic E-state index is 13.1. The van der Waals surface area contributed by atoms with Gasteiger partial charge in [0, 0.05) is 11.8 Å². The van der Waals surface area contributed by atoms with E-state index in [0.29, 0.717) is 11.8 Å². The topological polar surface area (TPSA) is 52.6 Å². The van der Waals surface area contributed by atoms with Crippen LogP contribution in [0, 0.1) is 23.7 Å². The second-order valence-corrected chi connectivity index (χ2v) is 9.42. The average Bonchev–Trinajstić information content (AvgIpc) is 3.21. The van der Waals surface area contributed by atoms with Gasteiger partial charge in [0.2, 0.25) is 0 Å². The number of hydrogen-bond donors (Lipinski definition) is 0. The lowest BCUT2D eigenvalue weighted by atomic mass is 9.66. The first-order chi connectivity index (χ1) is 11.4. The van der Waals surface area contributed by atoms with Crippen LogP contribution in [0.15, 0.2) is 30.3 Å². The van der Waals surface area contributed by atoms with Crippen molar-refractivity contribution in [2.75, 3.05) is 7.11 Å². The summed E-state index contributed by atoms with van der Waals surface area (Å²) in [6.45, 7) is 0. The molecule has 2 aliphatic carbocycles. The Morgan fingerprint density at radius 2 is 1.79 bits per heavy atom. The third kappa shape index (κ3) is 2.02. The molecule has 0 aromatic heterocycles. The molecule has 1 saturated heterocycles. The molecule has 1 aromatic rings. The van der Waals surface area contributed by atoms with Gasteiger partial charge in [0.1, 0.15) is 0 Å². The Labute approximate surface area is 157 Å². The molecule has 6 atom stereocenters. The largest absolute Gasteiger partial charge is 0.465 e. The lowest BCUT2D eigenvalue weighted by Gasteiger charge is -2.51. The summed E-state index contributed by atoms with van der Waals surface area (Å²) in [6.07, 6.45) is 3.17. The highest BCUT2D eigenvalue weighted by molar-refractivity contribution is 9.10. The van der Waals surface area contributed by atoms with Crippen LogP contribution in [-0.4, -0.2) is 23.6 Å². The lowest BCUT2D eigenvalue weighted by molar-refractivity contribution is -0.191. The van der Waals surface area contributed by atoms with Crippen molar-refractivity contribution in [2.24, 2.45) is 23.7 Å². The van der Waals surface area contributed by atoms with Crippen LogP contribution in [0.5, 0.6) is 0 Å². The molecule has 0 N–H and O–H groups in total. The van der Waals surface area contributed by atoms with Crippen LogP contribution in [0.2, 0.25) is 0 Å². The molecule has 2 saturated carbocycles. The van der Waals surface area contributed by atoms with Crippen molar-refractivity contribution < 1.29 is 19.1 Å². The first-order valence-corrected chi connectivity index (χ1v) is 9.76. The first kappa shape index (κ1) is 16.6. The second-order valence-electron chi connectivity index (χ2n) is 6.99. The van der Waals surface area contributed by atoms with Gasteiger partial charge in [-0.05, 0) is 52.6 Å². The minimum Gasteiger partial charge on any atom is -0.465 e. The predicted molar refractivity (Wildman–Crippen MR) is 94.6 cm³/mol. The van der Waals surface area contributed by atoms with Crippen LogP contribution in [0.3, 0.4) is 0 Å². The molecule has 0 unspecified atom stereocenters. The molecular formula is C18H18Br2O4. The molecule has 3 fully saturated rings. The van der Waals surface area contributed by atoms with E-state index in [0.717, 1.165) is 24.8 Å². The van der Waals surface area contributed by atoms with E-state index in [1.54, 1.807) is 0 Å². The number of methoxy groups -OCH3 is 1. The van der Waals surface area contributed by atoms with Gasteiger partial charge in [-0.1, -0.05) is 46.3 Å². The van der Waals surface area contributed by atoms with Gasteiger partial charge in [-0.15, -0.1) is 0 Å². The van der Waals surface area contributed by atoms with Crippen LogP contribution in [0.1, 0.15) is 24.8 Å². The molecular weight excluding hydrogens is 440 g/mol. The molecule has 4 rings (SSSR count). The van der Waals surface area contributed by atoms with E-state index in [1.807, 2.05) is 30.3 Å². The van der Waals surface area contributed by atoms with Crippen molar-refractivity contribution in [3.63, 3.8) is 0 Å². The highest BCUT2D eigenvalue weighted by Gasteiger charge is 2.72. The van der Waals surface area contributed by atoms with E-state index in [-0.39, 0.29) is 11.8 Å². The number of hydrogen-bond acceptors (Lipinski definition) is 4. The number of carbonyl (C=O) groups is 2. The van der Waals surface area contributed by atoms with Crippen LogP contribution in [-0.2, 0) is 23.4 Å². The van der Waals surface area contributed by atoms with Gasteiger partial charge in [0.15, 0.2) is 4.32 Å². The van der Waals surface area contributed by atoms with Crippen LogP contribution in [0.25, 0.3) is 0 Å². The van der Waals surface area contributed by atoms with Crippen molar-refractivity contribution in [1.29, 1.82) is 0 Å². The number of benzene rings is 1. The zero-order valence-electron chi connectivity index (χ0n) is 13.2. The monoisotopic (exact) mass is 456 g/mol. The standard InChI is InChI=1S/C18H18Br2O4/c1-23-16(22)18(20)14-11-8-7-10(9-11)13(14)17(19,15(21)24-18)12-5-3-2-4-6-12/h2-6,10-11,13-14H,7-9H2,1H3/t10-,11+,13+,14-,17+,18-/m0/s1. The summed E-state index contributed by atoms with van der Waals surface area (Å²) in [7, 11) is 1.33. The summed E-state index contributed by atoms with van der Waals surface area (Å²) in [5.41, 5.74) is 0.886. The summed E-state index contributed by atoms with van der Waals surface area (Å²) in [5, 5.41) is 0. The molecule has 6 heteroatoms. The highest BCUT2D eigenvalue weighted by atomic mass is 79.9. The summed E-state index contributed by atoms with van der Waals surface area (Å²) in [4.78, 5) is 25.5. The van der Waals surface area contributed by atoms with Gasteiger partial charge < -0.3 is 9.47 Å². The third-order valence-electron chi connectivity index (χ3n) is 6.00. The molecule has 128 valence electrons. The predicted octanol–water partition coefficient (Wildman–Crippen LogP) is 3.76. The van der Waals surface area contributed by atoms with Crippen molar-refractivity contribution in [2.45, 2.75) is 28.1 Å². The average molecular weight is 458 g/mol. The van der Waals surface area contributed by atoms with E-state index in [1.165, 1.54) is 7.11 Å². The van der Waals surface area contributed by atoms with Gasteiger partial charge in [0.25, 0.3) is 4.51 Å².